The minimum Gasteiger partial charge on any atom is -0.507 e. The Labute approximate surface area is 199 Å². The molecule has 180 valence electrons. The van der Waals surface area contributed by atoms with Crippen molar-refractivity contribution in [2.45, 2.75) is 26.0 Å². The summed E-state index contributed by atoms with van der Waals surface area (Å²) in [5, 5.41) is 11.3. The predicted octanol–water partition coefficient (Wildman–Crippen LogP) is 3.37. The zero-order valence-corrected chi connectivity index (χ0v) is 19.9. The van der Waals surface area contributed by atoms with E-state index in [9.17, 15) is 14.7 Å². The van der Waals surface area contributed by atoms with Gasteiger partial charge in [0.1, 0.15) is 23.9 Å². The lowest BCUT2D eigenvalue weighted by Gasteiger charge is -2.28. The standard InChI is InChI=1S/C26H30N2O6/c1-16(2)33-14-12-28-23(17-5-8-19(32-4)9-6-17)22(25(30)26(28)31)24(29)18-7-10-21-20(15-18)27(3)11-13-34-21/h5-10,15-16,23,29H,11-14H2,1-4H3/b24-22-. The van der Waals surface area contributed by atoms with Gasteiger partial charge in [0, 0.05) is 19.2 Å². The number of amides is 1. The average molecular weight is 467 g/mol. The van der Waals surface area contributed by atoms with Crippen LogP contribution in [0.1, 0.15) is 31.0 Å². The van der Waals surface area contributed by atoms with Crippen LogP contribution in [-0.2, 0) is 14.3 Å². The molecule has 2 aromatic rings. The van der Waals surface area contributed by atoms with Crippen molar-refractivity contribution in [2.24, 2.45) is 0 Å². The van der Waals surface area contributed by atoms with E-state index in [1.807, 2.05) is 25.8 Å². The zero-order chi connectivity index (χ0) is 24.4. The summed E-state index contributed by atoms with van der Waals surface area (Å²) in [6.07, 6.45) is -0.00837. The number of ether oxygens (including phenoxy) is 3. The van der Waals surface area contributed by atoms with Crippen molar-refractivity contribution in [1.29, 1.82) is 0 Å². The molecule has 1 fully saturated rings. The van der Waals surface area contributed by atoms with Crippen molar-refractivity contribution in [2.75, 3.05) is 45.4 Å². The van der Waals surface area contributed by atoms with Gasteiger partial charge < -0.3 is 29.1 Å². The van der Waals surface area contributed by atoms with Gasteiger partial charge in [0.2, 0.25) is 0 Å². The molecule has 0 saturated carbocycles. The third-order valence-electron chi connectivity index (χ3n) is 6.08. The fourth-order valence-electron chi connectivity index (χ4n) is 4.28. The Bertz CT molecular complexity index is 1110. The van der Waals surface area contributed by atoms with Crippen LogP contribution in [0.4, 0.5) is 5.69 Å². The first-order valence-electron chi connectivity index (χ1n) is 11.3. The number of carbonyl (C=O) groups is 2. The molecule has 2 heterocycles. The van der Waals surface area contributed by atoms with Gasteiger partial charge >= 0.3 is 0 Å². The van der Waals surface area contributed by atoms with Crippen molar-refractivity contribution in [3.05, 3.63) is 59.2 Å². The van der Waals surface area contributed by atoms with Crippen molar-refractivity contribution >= 4 is 23.1 Å². The average Bonchev–Trinajstić information content (AvgIpc) is 3.08. The van der Waals surface area contributed by atoms with Crippen molar-refractivity contribution in [3.63, 3.8) is 0 Å². The van der Waals surface area contributed by atoms with Crippen LogP contribution in [0.25, 0.3) is 5.76 Å². The highest BCUT2D eigenvalue weighted by molar-refractivity contribution is 6.46. The van der Waals surface area contributed by atoms with Crippen LogP contribution in [0.2, 0.25) is 0 Å². The molecule has 4 rings (SSSR count). The van der Waals surface area contributed by atoms with Gasteiger partial charge in [0.15, 0.2) is 0 Å². The lowest BCUT2D eigenvalue weighted by Crippen LogP contribution is -2.33. The number of aliphatic hydroxyl groups excluding tert-OH is 1. The van der Waals surface area contributed by atoms with E-state index in [0.717, 1.165) is 5.69 Å². The van der Waals surface area contributed by atoms with Gasteiger partial charge in [0.25, 0.3) is 11.7 Å². The normalized spacial score (nSPS) is 19.4. The summed E-state index contributed by atoms with van der Waals surface area (Å²) in [5.74, 6) is -0.226. The summed E-state index contributed by atoms with van der Waals surface area (Å²) in [4.78, 5) is 29.7. The predicted molar refractivity (Wildman–Crippen MR) is 128 cm³/mol. The summed E-state index contributed by atoms with van der Waals surface area (Å²) in [6, 6.07) is 11.6. The van der Waals surface area contributed by atoms with Gasteiger partial charge in [0.05, 0.1) is 43.7 Å². The molecule has 0 aliphatic carbocycles. The van der Waals surface area contributed by atoms with Crippen molar-refractivity contribution < 1.29 is 28.9 Å². The minimum atomic E-state index is -0.744. The first-order chi connectivity index (χ1) is 16.3. The van der Waals surface area contributed by atoms with Gasteiger partial charge in [-0.2, -0.15) is 0 Å². The maximum absolute atomic E-state index is 13.2. The molecule has 1 atom stereocenters. The third-order valence-corrected chi connectivity index (χ3v) is 6.08. The Morgan fingerprint density at radius 1 is 1.18 bits per heavy atom. The lowest BCUT2D eigenvalue weighted by molar-refractivity contribution is -0.140. The number of fused-ring (bicyclic) bond motifs is 1. The Kier molecular flexibility index (Phi) is 6.79. The summed E-state index contributed by atoms with van der Waals surface area (Å²) in [7, 11) is 3.51. The second-order valence-electron chi connectivity index (χ2n) is 8.64. The van der Waals surface area contributed by atoms with Gasteiger partial charge in [-0.1, -0.05) is 12.1 Å². The molecule has 0 radical (unpaired) electrons. The summed E-state index contributed by atoms with van der Waals surface area (Å²) >= 11 is 0. The molecule has 1 unspecified atom stereocenters. The third kappa shape index (κ3) is 4.46. The van der Waals surface area contributed by atoms with Crippen LogP contribution in [0.15, 0.2) is 48.0 Å². The van der Waals surface area contributed by atoms with E-state index < -0.39 is 17.7 Å². The number of rotatable bonds is 7. The van der Waals surface area contributed by atoms with E-state index >= 15 is 0 Å². The molecule has 2 aliphatic rings. The molecule has 8 nitrogen and oxygen atoms in total. The highest BCUT2D eigenvalue weighted by Crippen LogP contribution is 2.41. The smallest absolute Gasteiger partial charge is 0.295 e. The number of methoxy groups -OCH3 is 1. The number of likely N-dealkylation sites (N-methyl/N-ethyl adjacent to an activating group) is 1. The van der Waals surface area contributed by atoms with E-state index in [-0.39, 0.29) is 30.6 Å². The largest absolute Gasteiger partial charge is 0.507 e. The number of likely N-dealkylation sites (tertiary alicyclic amines) is 1. The molecule has 1 amide bonds. The van der Waals surface area contributed by atoms with Crippen LogP contribution in [0.3, 0.4) is 0 Å². The number of nitrogens with zero attached hydrogens (tertiary/aromatic N) is 2. The Balaban J connectivity index is 1.79. The number of hydrogen-bond acceptors (Lipinski definition) is 7. The zero-order valence-electron chi connectivity index (χ0n) is 19.9. The Morgan fingerprint density at radius 3 is 2.59 bits per heavy atom. The minimum absolute atomic E-state index is 0.00837. The number of benzene rings is 2. The summed E-state index contributed by atoms with van der Waals surface area (Å²) < 4.78 is 16.6. The Morgan fingerprint density at radius 2 is 1.91 bits per heavy atom. The fourth-order valence-corrected chi connectivity index (χ4v) is 4.28. The van der Waals surface area contributed by atoms with Crippen LogP contribution >= 0.6 is 0 Å². The summed E-state index contributed by atoms with van der Waals surface area (Å²) in [6.45, 7) is 5.60. The van der Waals surface area contributed by atoms with Crippen molar-refractivity contribution in [1.82, 2.24) is 4.90 Å². The van der Waals surface area contributed by atoms with Gasteiger partial charge in [-0.25, -0.2) is 0 Å². The molecule has 0 spiro atoms. The van der Waals surface area contributed by atoms with E-state index in [1.54, 1.807) is 49.6 Å². The molecule has 34 heavy (non-hydrogen) atoms. The number of ketones is 1. The first kappa shape index (κ1) is 23.6. The number of carbonyl (C=O) groups excluding carboxylic acids is 2. The molecule has 2 aromatic carbocycles. The van der Waals surface area contributed by atoms with E-state index in [1.165, 1.54) is 4.90 Å². The monoisotopic (exact) mass is 466 g/mol. The summed E-state index contributed by atoms with van der Waals surface area (Å²) in [5.41, 5.74) is 2.02. The van der Waals surface area contributed by atoms with Crippen LogP contribution in [0, 0.1) is 0 Å². The molecular weight excluding hydrogens is 436 g/mol. The Hall–Kier alpha value is -3.52. The molecule has 8 heteroatoms. The van der Waals surface area contributed by atoms with Gasteiger partial charge in [-0.3, -0.25) is 9.59 Å². The topological polar surface area (TPSA) is 88.5 Å². The molecule has 0 aromatic heterocycles. The molecule has 1 saturated heterocycles. The highest BCUT2D eigenvalue weighted by atomic mass is 16.5. The number of anilines is 1. The van der Waals surface area contributed by atoms with E-state index in [2.05, 4.69) is 0 Å². The first-order valence-corrected chi connectivity index (χ1v) is 11.3. The fraction of sp³-hybridized carbons (Fsp3) is 0.385. The molecular formula is C26H30N2O6. The maximum Gasteiger partial charge on any atom is 0.295 e. The molecule has 2 aliphatic heterocycles. The van der Waals surface area contributed by atoms with Crippen LogP contribution < -0.4 is 14.4 Å². The van der Waals surface area contributed by atoms with Gasteiger partial charge in [-0.05, 0) is 49.7 Å². The highest BCUT2D eigenvalue weighted by Gasteiger charge is 2.46. The van der Waals surface area contributed by atoms with Gasteiger partial charge in [-0.15, -0.1) is 0 Å². The van der Waals surface area contributed by atoms with E-state index in [4.69, 9.17) is 14.2 Å². The molecule has 1 N–H and O–H groups in total. The molecule has 0 bridgehead atoms. The second-order valence-corrected chi connectivity index (χ2v) is 8.64. The quantitative estimate of drug-likeness (QED) is 0.380. The van der Waals surface area contributed by atoms with E-state index in [0.29, 0.717) is 35.8 Å². The van der Waals surface area contributed by atoms with Crippen LogP contribution in [0.5, 0.6) is 11.5 Å². The lowest BCUT2D eigenvalue weighted by atomic mass is 9.95. The van der Waals surface area contributed by atoms with Crippen LogP contribution in [-0.4, -0.2) is 68.3 Å². The second kappa shape index (κ2) is 9.77. The SMILES string of the molecule is COc1ccc(C2/C(=C(/O)c3ccc4c(c3)N(C)CCO4)C(=O)C(=O)N2CCOC(C)C)cc1. The number of hydrogen-bond donors (Lipinski definition) is 1. The van der Waals surface area contributed by atoms with Crippen molar-refractivity contribution in [3.8, 4) is 11.5 Å². The number of Topliss-reactive ketones (excluding diaryl/α,β-unsaturated/α-hetero) is 1. The number of aliphatic hydroxyl groups is 1. The maximum atomic E-state index is 13.2.